The fourth-order valence-corrected chi connectivity index (χ4v) is 7.19. The van der Waals surface area contributed by atoms with Crippen LogP contribution in [0.3, 0.4) is 0 Å². The third-order valence-corrected chi connectivity index (χ3v) is 9.48. The van der Waals surface area contributed by atoms with Crippen molar-refractivity contribution < 1.29 is 13.2 Å². The van der Waals surface area contributed by atoms with Crippen molar-refractivity contribution >= 4 is 56.7 Å². The summed E-state index contributed by atoms with van der Waals surface area (Å²) in [4.78, 5) is 47.4. The van der Waals surface area contributed by atoms with E-state index in [1.807, 2.05) is 0 Å². The summed E-state index contributed by atoms with van der Waals surface area (Å²) in [7, 11) is -2.15. The van der Waals surface area contributed by atoms with Crippen LogP contribution in [0, 0.1) is 5.92 Å². The monoisotopic (exact) mass is 632 g/mol. The fraction of sp³-hybridized carbons (Fsp3) is 0.357. The molecule has 2 unspecified atom stereocenters. The number of benzene rings is 2. The number of hydrogen-bond donors (Lipinski definition) is 1. The molecule has 6 rings (SSSR count). The number of carbonyl (C=O) groups is 1. The Balaban J connectivity index is 0.00000353. The number of ketones is 1. The van der Waals surface area contributed by atoms with Gasteiger partial charge in [-0.3, -0.25) is 23.3 Å². The zero-order valence-electron chi connectivity index (χ0n) is 23.0. The van der Waals surface area contributed by atoms with Gasteiger partial charge in [-0.15, -0.1) is 12.4 Å². The predicted octanol–water partition coefficient (Wildman–Crippen LogP) is 2.10. The zero-order valence-corrected chi connectivity index (χ0v) is 25.4. The molecule has 1 N–H and O–H groups in total. The Morgan fingerprint density at radius 2 is 1.83 bits per heavy atom. The number of aromatic nitrogens is 4. The molecule has 11 nitrogen and oxygen atoms in total. The van der Waals surface area contributed by atoms with E-state index in [0.29, 0.717) is 29.5 Å². The lowest BCUT2D eigenvalue weighted by atomic mass is 10.1. The third-order valence-electron chi connectivity index (χ3n) is 8.07. The van der Waals surface area contributed by atoms with E-state index >= 15 is 0 Å². The van der Waals surface area contributed by atoms with Gasteiger partial charge >= 0.3 is 5.69 Å². The van der Waals surface area contributed by atoms with Crippen molar-refractivity contribution in [2.45, 2.75) is 30.4 Å². The molecule has 4 heterocycles. The van der Waals surface area contributed by atoms with E-state index in [9.17, 15) is 22.8 Å². The van der Waals surface area contributed by atoms with Crippen molar-refractivity contribution in [3.8, 4) is 0 Å². The van der Waals surface area contributed by atoms with Gasteiger partial charge in [0.05, 0.1) is 18.0 Å². The van der Waals surface area contributed by atoms with Crippen LogP contribution in [0.15, 0.2) is 63.0 Å². The summed E-state index contributed by atoms with van der Waals surface area (Å²) in [5.74, 6) is 0.506. The summed E-state index contributed by atoms with van der Waals surface area (Å²) in [5.41, 5.74) is -0.228. The number of nitrogens with zero attached hydrogens (tertiary/aromatic N) is 5. The maximum absolute atomic E-state index is 14.0. The van der Waals surface area contributed by atoms with Crippen molar-refractivity contribution in [2.75, 3.05) is 30.8 Å². The zero-order chi connectivity index (χ0) is 29.1. The number of halogens is 2. The number of anilines is 1. The number of fused-ring (bicyclic) bond motifs is 2. The molecule has 2 aliphatic rings. The number of imidazole rings is 1. The van der Waals surface area contributed by atoms with Gasteiger partial charge in [-0.05, 0) is 30.0 Å². The number of rotatable bonds is 7. The highest BCUT2D eigenvalue weighted by atomic mass is 35.5. The van der Waals surface area contributed by atoms with Gasteiger partial charge in [0.25, 0.3) is 5.56 Å². The minimum atomic E-state index is -3.66. The largest absolute Gasteiger partial charge is 0.338 e. The molecule has 42 heavy (non-hydrogen) atoms. The van der Waals surface area contributed by atoms with Crippen LogP contribution in [0.4, 0.5) is 5.95 Å². The topological polar surface area (TPSA) is 128 Å². The van der Waals surface area contributed by atoms with E-state index < -0.39 is 27.6 Å². The van der Waals surface area contributed by atoms with Gasteiger partial charge in [0.2, 0.25) is 5.95 Å². The molecule has 0 aliphatic carbocycles. The number of aryl methyl sites for hydroxylation is 1. The summed E-state index contributed by atoms with van der Waals surface area (Å²) < 4.78 is 29.3. The first-order valence-corrected chi connectivity index (χ1v) is 15.6. The number of carbonyl (C=O) groups excluding carboxylic acids is 1. The van der Waals surface area contributed by atoms with Crippen molar-refractivity contribution in [3.05, 3.63) is 85.5 Å². The maximum atomic E-state index is 14.0. The molecule has 2 aromatic heterocycles. The van der Waals surface area contributed by atoms with E-state index in [2.05, 4.69) is 10.2 Å². The van der Waals surface area contributed by atoms with Gasteiger partial charge in [0.1, 0.15) is 0 Å². The first-order chi connectivity index (χ1) is 19.5. The second kappa shape index (κ2) is 11.3. The highest BCUT2D eigenvalue weighted by Gasteiger charge is 2.40. The van der Waals surface area contributed by atoms with E-state index in [0.717, 1.165) is 30.3 Å². The van der Waals surface area contributed by atoms with Crippen molar-refractivity contribution in [3.63, 3.8) is 0 Å². The second-order valence-corrected chi connectivity index (χ2v) is 13.1. The number of hydrogen-bond acceptors (Lipinski definition) is 8. The minimum Gasteiger partial charge on any atom is -0.338 e. The van der Waals surface area contributed by atoms with E-state index in [1.165, 1.54) is 17.7 Å². The normalized spacial score (nSPS) is 18.3. The average Bonchev–Trinajstić information content (AvgIpc) is 3.66. The smallest absolute Gasteiger partial charge is 0.332 e. The molecular formula is C28H30Cl2N6O5S. The van der Waals surface area contributed by atoms with Crippen LogP contribution < -0.4 is 21.5 Å². The fourth-order valence-electron chi connectivity index (χ4n) is 6.00. The number of Topliss-reactive ketones (excluding diaryl/α,β-unsaturated/α-hetero) is 1. The van der Waals surface area contributed by atoms with Crippen LogP contribution in [0.25, 0.3) is 11.2 Å². The molecule has 14 heteroatoms. The summed E-state index contributed by atoms with van der Waals surface area (Å²) in [6, 6.07) is 13.2. The summed E-state index contributed by atoms with van der Waals surface area (Å²) in [6.07, 6.45) is 2.04. The molecule has 0 bridgehead atoms. The van der Waals surface area contributed by atoms with Gasteiger partial charge in [-0.2, -0.15) is 4.98 Å². The van der Waals surface area contributed by atoms with Gasteiger partial charge in [0.15, 0.2) is 26.8 Å². The molecule has 0 spiro atoms. The molecule has 2 aliphatic heterocycles. The molecule has 2 aromatic carbocycles. The van der Waals surface area contributed by atoms with Crippen LogP contribution in [0.2, 0.25) is 5.02 Å². The maximum Gasteiger partial charge on any atom is 0.332 e. The van der Waals surface area contributed by atoms with Crippen molar-refractivity contribution in [1.29, 1.82) is 0 Å². The lowest BCUT2D eigenvalue weighted by molar-refractivity contribution is 0.0969. The predicted molar refractivity (Wildman–Crippen MR) is 163 cm³/mol. The highest BCUT2D eigenvalue weighted by molar-refractivity contribution is 7.90. The molecule has 2 atom stereocenters. The lowest BCUT2D eigenvalue weighted by Gasteiger charge is -2.25. The standard InChI is InChI=1S/C28H29ClN6O5S.ClH/c1-32-25-24(26(37)35(28(32)38)16-22(36)17-6-4-3-5-7-17)34(15-19-8-9-20(29)12-23(19)41(2,39)40)27(31-25)33-11-10-18-13-30-14-21(18)33;/h3-9,12,18,21,30H,10-11,13-16H2,1-2H3;1H. The summed E-state index contributed by atoms with van der Waals surface area (Å²) in [5, 5.41) is 3.68. The first kappa shape index (κ1) is 30.0. The minimum absolute atomic E-state index is 0. The Morgan fingerprint density at radius 1 is 1.10 bits per heavy atom. The first-order valence-electron chi connectivity index (χ1n) is 13.3. The van der Waals surface area contributed by atoms with Crippen LogP contribution in [-0.4, -0.2) is 64.8 Å². The molecule has 0 amide bonds. The van der Waals surface area contributed by atoms with Crippen LogP contribution in [0.5, 0.6) is 0 Å². The summed E-state index contributed by atoms with van der Waals surface area (Å²) in [6.45, 7) is 1.88. The van der Waals surface area contributed by atoms with Crippen LogP contribution in [-0.2, 0) is 30.0 Å². The van der Waals surface area contributed by atoms with Crippen LogP contribution in [0.1, 0.15) is 22.3 Å². The molecule has 0 saturated carbocycles. The molecule has 2 fully saturated rings. The molecule has 222 valence electrons. The number of nitrogens with one attached hydrogen (secondary N) is 1. The third kappa shape index (κ3) is 5.17. The van der Waals surface area contributed by atoms with Crippen molar-refractivity contribution in [2.24, 2.45) is 13.0 Å². The Kier molecular flexibility index (Phi) is 8.10. The van der Waals surface area contributed by atoms with E-state index in [4.69, 9.17) is 16.6 Å². The Bertz CT molecular complexity index is 1920. The molecule has 0 radical (unpaired) electrons. The Hall–Kier alpha value is -3.45. The second-order valence-electron chi connectivity index (χ2n) is 10.7. The SMILES string of the molecule is Cl.Cn1c(=O)n(CC(=O)c2ccccc2)c(=O)c2c1nc(N1CCC3CNCC31)n2Cc1ccc(Cl)cc1S(C)(=O)=O. The van der Waals surface area contributed by atoms with Gasteiger partial charge in [-0.25, -0.2) is 13.2 Å². The lowest BCUT2D eigenvalue weighted by Crippen LogP contribution is -2.41. The van der Waals surface area contributed by atoms with E-state index in [1.54, 1.807) is 47.0 Å². The quantitative estimate of drug-likeness (QED) is 0.307. The van der Waals surface area contributed by atoms with E-state index in [-0.39, 0.29) is 51.9 Å². The average molecular weight is 634 g/mol. The molecule has 4 aromatic rings. The highest BCUT2D eigenvalue weighted by Crippen LogP contribution is 2.34. The van der Waals surface area contributed by atoms with Gasteiger partial charge in [-0.1, -0.05) is 48.0 Å². The van der Waals surface area contributed by atoms with Gasteiger partial charge in [0, 0.05) is 49.6 Å². The molecule has 2 saturated heterocycles. The van der Waals surface area contributed by atoms with Crippen molar-refractivity contribution in [1.82, 2.24) is 24.0 Å². The van der Waals surface area contributed by atoms with Gasteiger partial charge < -0.3 is 10.2 Å². The molecular weight excluding hydrogens is 603 g/mol. The Labute approximate surface area is 253 Å². The summed E-state index contributed by atoms with van der Waals surface area (Å²) >= 11 is 6.16. The Morgan fingerprint density at radius 3 is 2.55 bits per heavy atom. The van der Waals surface area contributed by atoms with Crippen LogP contribution >= 0.6 is 24.0 Å². The number of sulfone groups is 1.